The molecular formula is C19H32N3O7+. The van der Waals surface area contributed by atoms with Gasteiger partial charge in [0.25, 0.3) is 6.29 Å². The minimum Gasteiger partial charge on any atom is -0.461 e. The van der Waals surface area contributed by atoms with Crippen LogP contribution in [0.15, 0.2) is 0 Å². The van der Waals surface area contributed by atoms with E-state index in [4.69, 9.17) is 19.7 Å². The van der Waals surface area contributed by atoms with Gasteiger partial charge in [-0.2, -0.15) is 0 Å². The fourth-order valence-electron chi connectivity index (χ4n) is 1.85. The summed E-state index contributed by atoms with van der Waals surface area (Å²) in [4.78, 5) is 51.0. The lowest BCUT2D eigenvalue weighted by Crippen LogP contribution is -2.45. The maximum absolute atomic E-state index is 12.3. The van der Waals surface area contributed by atoms with Crippen molar-refractivity contribution in [2.45, 2.75) is 79.7 Å². The molecule has 0 aromatic heterocycles. The number of nitrogens with one attached hydrogen (secondary N) is 2. The van der Waals surface area contributed by atoms with Crippen molar-refractivity contribution < 1.29 is 38.2 Å². The highest BCUT2D eigenvalue weighted by Crippen LogP contribution is 2.19. The first kappa shape index (κ1) is 26.3. The van der Waals surface area contributed by atoms with Crippen LogP contribution in [0.3, 0.4) is 0 Å². The van der Waals surface area contributed by atoms with Crippen LogP contribution in [0.4, 0.5) is 4.79 Å². The monoisotopic (exact) mass is 414 g/mol. The van der Waals surface area contributed by atoms with E-state index in [1.165, 1.54) is 0 Å². The molecule has 0 aromatic carbocycles. The molecule has 2 atom stereocenters. The minimum absolute atomic E-state index is 0.0698. The quantitative estimate of drug-likeness (QED) is 0.183. The molecule has 0 fully saturated rings. The number of carbonyl (C=O) groups is 4. The Hall–Kier alpha value is -2.74. The zero-order chi connectivity index (χ0) is 22.8. The molecule has 0 bridgehead atoms. The summed E-state index contributed by atoms with van der Waals surface area (Å²) in [6, 6.07) is -1.15. The summed E-state index contributed by atoms with van der Waals surface area (Å²) in [5.41, 5.74) is 5.87. The normalized spacial score (nSPS) is 13.1. The number of ether oxygens (including phenoxy) is 3. The van der Waals surface area contributed by atoms with E-state index in [1.54, 1.807) is 48.5 Å². The molecule has 0 saturated heterocycles. The van der Waals surface area contributed by atoms with Gasteiger partial charge in [0, 0.05) is 12.3 Å². The molecule has 29 heavy (non-hydrogen) atoms. The number of amides is 1. The van der Waals surface area contributed by atoms with E-state index in [9.17, 15) is 19.2 Å². The second-order valence-corrected chi connectivity index (χ2v) is 8.12. The van der Waals surface area contributed by atoms with Crippen molar-refractivity contribution in [1.82, 2.24) is 5.32 Å². The Kier molecular flexibility index (Phi) is 10.8. The predicted molar refractivity (Wildman–Crippen MR) is 102 cm³/mol. The Labute approximate surface area is 170 Å². The third-order valence-corrected chi connectivity index (χ3v) is 3.42. The highest BCUT2D eigenvalue weighted by atomic mass is 16.7. The fourth-order valence-corrected chi connectivity index (χ4v) is 1.85. The van der Waals surface area contributed by atoms with Gasteiger partial charge in [-0.25, -0.2) is 9.59 Å². The van der Waals surface area contributed by atoms with E-state index < -0.39 is 47.7 Å². The number of hydrogen-bond donors (Lipinski definition) is 2. The first-order valence-corrected chi connectivity index (χ1v) is 9.39. The average molecular weight is 414 g/mol. The van der Waals surface area contributed by atoms with Crippen molar-refractivity contribution in [1.29, 1.82) is 5.53 Å². The minimum atomic E-state index is -1.15. The van der Waals surface area contributed by atoms with Crippen molar-refractivity contribution in [2.24, 2.45) is 11.3 Å². The van der Waals surface area contributed by atoms with E-state index in [-0.39, 0.29) is 18.8 Å². The molecule has 0 heterocycles. The molecule has 0 aromatic rings. The molecule has 1 amide bonds. The summed E-state index contributed by atoms with van der Waals surface area (Å²) < 4.78 is 15.5. The molecule has 0 rings (SSSR count). The van der Waals surface area contributed by atoms with E-state index >= 15 is 0 Å². The average Bonchev–Trinajstić information content (AvgIpc) is 2.56. The number of rotatable bonds is 10. The highest BCUT2D eigenvalue weighted by molar-refractivity contribution is 6.25. The first-order chi connectivity index (χ1) is 13.3. The third kappa shape index (κ3) is 11.0. The summed E-state index contributed by atoms with van der Waals surface area (Å²) >= 11 is 0. The topological polar surface area (TPSA) is 146 Å². The van der Waals surface area contributed by atoms with Crippen molar-refractivity contribution in [3.05, 3.63) is 0 Å². The summed E-state index contributed by atoms with van der Waals surface area (Å²) in [6.07, 6.45) is -1.96. The Balaban J connectivity index is 5.15. The van der Waals surface area contributed by atoms with Crippen molar-refractivity contribution in [3.63, 3.8) is 0 Å². The zero-order valence-corrected chi connectivity index (χ0v) is 18.1. The van der Waals surface area contributed by atoms with Crippen LogP contribution in [0.2, 0.25) is 0 Å². The Bertz CT molecular complexity index is 647. The van der Waals surface area contributed by atoms with Gasteiger partial charge in [-0.05, 0) is 41.0 Å². The van der Waals surface area contributed by atoms with Crippen LogP contribution >= 0.6 is 0 Å². The molecule has 164 valence electrons. The van der Waals surface area contributed by atoms with Crippen LogP contribution in [-0.2, 0) is 28.6 Å². The van der Waals surface area contributed by atoms with Gasteiger partial charge in [-0.15, -0.1) is 0 Å². The summed E-state index contributed by atoms with van der Waals surface area (Å²) in [7, 11) is 0. The number of alkyl carbamates (subject to hydrolysis) is 1. The molecule has 0 radical (unpaired) electrons. The van der Waals surface area contributed by atoms with Crippen LogP contribution in [-0.4, -0.2) is 53.3 Å². The standard InChI is InChI=1S/C19H31N3O7/c1-11(2)16(28-17(25)19(5,6)7)29-18(26)22-14(15(24)27-12(3)4)9-8-13(23)10-21-20/h10-12,14,16,20H,8-9H2,1-7H3/p+1. The lowest BCUT2D eigenvalue weighted by molar-refractivity contribution is -0.184. The second kappa shape index (κ2) is 12.0. The molecule has 0 aliphatic heterocycles. The number of esters is 2. The molecule has 2 unspecified atom stereocenters. The van der Waals surface area contributed by atoms with Gasteiger partial charge in [0.2, 0.25) is 5.78 Å². The largest absolute Gasteiger partial charge is 0.461 e. The first-order valence-electron chi connectivity index (χ1n) is 9.39. The maximum Gasteiger partial charge on any atom is 0.410 e. The second-order valence-electron chi connectivity index (χ2n) is 8.12. The Morgan fingerprint density at radius 3 is 2.07 bits per heavy atom. The maximum atomic E-state index is 12.3. The summed E-state index contributed by atoms with van der Waals surface area (Å²) in [6.45, 7) is 11.7. The van der Waals surface area contributed by atoms with E-state index in [0.29, 0.717) is 0 Å². The number of carbonyl (C=O) groups excluding carboxylic acids is 4. The highest BCUT2D eigenvalue weighted by Gasteiger charge is 2.31. The SMILES string of the molecule is CC(C)OC(=O)C(CCC(=O)C=[N+]=N)NC(=O)OC(OC(=O)C(C)(C)C)C(C)C. The van der Waals surface area contributed by atoms with Gasteiger partial charge in [0.15, 0.2) is 0 Å². The van der Waals surface area contributed by atoms with E-state index in [1.807, 2.05) is 0 Å². The molecule has 2 N–H and O–H groups in total. The van der Waals surface area contributed by atoms with Gasteiger partial charge < -0.3 is 19.5 Å². The van der Waals surface area contributed by atoms with Crippen molar-refractivity contribution >= 4 is 30.0 Å². The van der Waals surface area contributed by atoms with Gasteiger partial charge in [0.05, 0.1) is 21.8 Å². The number of nitrogens with zero attached hydrogens (tertiary/aromatic N) is 1. The van der Waals surface area contributed by atoms with Crippen LogP contribution in [0, 0.1) is 16.9 Å². The van der Waals surface area contributed by atoms with Gasteiger partial charge >= 0.3 is 24.2 Å². The van der Waals surface area contributed by atoms with Gasteiger partial charge in [0.1, 0.15) is 6.04 Å². The van der Waals surface area contributed by atoms with Gasteiger partial charge in [-0.1, -0.05) is 13.8 Å². The molecule has 10 heteroatoms. The third-order valence-electron chi connectivity index (χ3n) is 3.42. The van der Waals surface area contributed by atoms with E-state index in [2.05, 4.69) is 10.1 Å². The predicted octanol–water partition coefficient (Wildman–Crippen LogP) is 2.26. The number of Topliss-reactive ketones (excluding diaryl/α,β-unsaturated/α-hetero) is 1. The molecule has 0 aliphatic carbocycles. The molecule has 0 spiro atoms. The van der Waals surface area contributed by atoms with Crippen LogP contribution < -0.4 is 5.32 Å². The van der Waals surface area contributed by atoms with Gasteiger partial charge in [-0.3, -0.25) is 9.59 Å². The Morgan fingerprint density at radius 1 is 1.03 bits per heavy atom. The molecule has 0 saturated carbocycles. The van der Waals surface area contributed by atoms with E-state index in [0.717, 1.165) is 6.21 Å². The number of hydrogen-bond acceptors (Lipinski definition) is 8. The van der Waals surface area contributed by atoms with Crippen LogP contribution in [0.1, 0.15) is 61.3 Å². The zero-order valence-electron chi connectivity index (χ0n) is 18.1. The fraction of sp³-hybridized carbons (Fsp3) is 0.737. The van der Waals surface area contributed by atoms with Crippen LogP contribution in [0.25, 0.3) is 0 Å². The smallest absolute Gasteiger partial charge is 0.410 e. The molecule has 0 aliphatic rings. The molecular weight excluding hydrogens is 382 g/mol. The summed E-state index contributed by atoms with van der Waals surface area (Å²) in [5.74, 6) is -2.08. The lowest BCUT2D eigenvalue weighted by Gasteiger charge is -2.26. The lowest BCUT2D eigenvalue weighted by atomic mass is 9.97. The Morgan fingerprint density at radius 2 is 1.62 bits per heavy atom. The summed E-state index contributed by atoms with van der Waals surface area (Å²) in [5, 5.41) is 2.35. The molecule has 10 nitrogen and oxygen atoms in total. The van der Waals surface area contributed by atoms with Crippen molar-refractivity contribution in [2.75, 3.05) is 0 Å². The van der Waals surface area contributed by atoms with Crippen LogP contribution in [0.5, 0.6) is 0 Å². The van der Waals surface area contributed by atoms with Crippen molar-refractivity contribution in [3.8, 4) is 0 Å². The number of ketones is 1.